The summed E-state index contributed by atoms with van der Waals surface area (Å²) >= 11 is 3.56. The lowest BCUT2D eigenvalue weighted by atomic mass is 9.95. The van der Waals surface area contributed by atoms with Crippen LogP contribution >= 0.6 is 15.9 Å². The van der Waals surface area contributed by atoms with Crippen molar-refractivity contribution in [2.24, 2.45) is 5.92 Å². The summed E-state index contributed by atoms with van der Waals surface area (Å²) in [4.78, 5) is 16.6. The van der Waals surface area contributed by atoms with Gasteiger partial charge in [0.2, 0.25) is 5.91 Å². The molecule has 0 aromatic heterocycles. The summed E-state index contributed by atoms with van der Waals surface area (Å²) in [6.45, 7) is 4.94. The number of carbonyl (C=O) groups is 1. The van der Waals surface area contributed by atoms with Crippen molar-refractivity contribution in [1.29, 1.82) is 0 Å². The highest BCUT2D eigenvalue weighted by atomic mass is 79.9. The Morgan fingerprint density at radius 3 is 2.72 bits per heavy atom. The van der Waals surface area contributed by atoms with Crippen molar-refractivity contribution in [2.45, 2.75) is 45.1 Å². The Hall–Kier alpha value is -1.07. The minimum atomic E-state index is 0.194. The van der Waals surface area contributed by atoms with Gasteiger partial charge in [-0.2, -0.15) is 0 Å². The summed E-state index contributed by atoms with van der Waals surface area (Å²) < 4.78 is 6.60. The number of carbonyl (C=O) groups excluding carboxylic acids is 1. The van der Waals surface area contributed by atoms with E-state index in [4.69, 9.17) is 4.74 Å². The van der Waals surface area contributed by atoms with Crippen molar-refractivity contribution in [3.63, 3.8) is 0 Å². The molecule has 2 fully saturated rings. The molecule has 1 N–H and O–H groups in total. The molecule has 2 saturated heterocycles. The number of nitrogens with zero attached hydrogens (tertiary/aromatic N) is 1. The van der Waals surface area contributed by atoms with E-state index in [2.05, 4.69) is 26.9 Å². The van der Waals surface area contributed by atoms with E-state index in [0.29, 0.717) is 5.91 Å². The number of nitrogens with one attached hydrogen (secondary N) is 1. The molecular formula is C20H30BrN2O2+. The fourth-order valence-corrected chi connectivity index (χ4v) is 4.63. The molecule has 1 aromatic rings. The topological polar surface area (TPSA) is 34.0 Å². The molecular weight excluding hydrogens is 380 g/mol. The fraction of sp³-hybridized carbons (Fsp3) is 0.650. The largest absolute Gasteiger partial charge is 0.496 e. The van der Waals surface area contributed by atoms with Gasteiger partial charge in [-0.1, -0.05) is 28.8 Å². The van der Waals surface area contributed by atoms with Gasteiger partial charge in [0.05, 0.1) is 26.1 Å². The first kappa shape index (κ1) is 18.7. The number of rotatable bonds is 4. The molecule has 0 bridgehead atoms. The number of ether oxygens (including phenoxy) is 1. The van der Waals surface area contributed by atoms with Gasteiger partial charge in [-0.25, -0.2) is 0 Å². The molecule has 2 aliphatic rings. The lowest BCUT2D eigenvalue weighted by molar-refractivity contribution is -0.921. The molecule has 3 rings (SSSR count). The lowest BCUT2D eigenvalue weighted by Crippen LogP contribution is -3.12. The summed E-state index contributed by atoms with van der Waals surface area (Å²) in [5.41, 5.74) is 1.22. The van der Waals surface area contributed by atoms with Gasteiger partial charge in [-0.15, -0.1) is 0 Å². The molecule has 2 heterocycles. The molecule has 1 amide bonds. The minimum Gasteiger partial charge on any atom is -0.496 e. The Bertz CT molecular complexity index is 585. The number of amides is 1. The van der Waals surface area contributed by atoms with Crippen molar-refractivity contribution in [3.8, 4) is 5.75 Å². The second kappa shape index (κ2) is 9.04. The number of hydrogen-bond donors (Lipinski definition) is 1. The van der Waals surface area contributed by atoms with Crippen molar-refractivity contribution in [3.05, 3.63) is 28.2 Å². The van der Waals surface area contributed by atoms with E-state index in [1.165, 1.54) is 36.1 Å². The van der Waals surface area contributed by atoms with Gasteiger partial charge in [-0.05, 0) is 43.9 Å². The van der Waals surface area contributed by atoms with Gasteiger partial charge in [0.1, 0.15) is 12.3 Å². The van der Waals surface area contributed by atoms with E-state index < -0.39 is 0 Å². The Labute approximate surface area is 159 Å². The van der Waals surface area contributed by atoms with E-state index in [0.717, 1.165) is 55.8 Å². The third-order valence-electron chi connectivity index (χ3n) is 5.57. The third-order valence-corrected chi connectivity index (χ3v) is 6.06. The Morgan fingerprint density at radius 2 is 2.00 bits per heavy atom. The standard InChI is InChI=1S/C20H29BrN2O2/c1-25-19-9-8-18(21)13-17(19)15-22-10-6-7-16(14-22)20(24)23-11-4-2-3-5-12-23/h8-9,13,16H,2-7,10-12,14-15H2,1H3/p+1/t16-/m1/s1. The first-order valence-electron chi connectivity index (χ1n) is 9.62. The second-order valence-electron chi connectivity index (χ2n) is 7.42. The zero-order valence-corrected chi connectivity index (χ0v) is 16.8. The molecule has 1 aromatic carbocycles. The van der Waals surface area contributed by atoms with E-state index in [1.54, 1.807) is 7.11 Å². The Kier molecular flexibility index (Phi) is 6.77. The van der Waals surface area contributed by atoms with Crippen LogP contribution in [-0.4, -0.2) is 44.1 Å². The molecule has 0 saturated carbocycles. The van der Waals surface area contributed by atoms with Gasteiger partial charge in [0, 0.05) is 23.1 Å². The van der Waals surface area contributed by atoms with Crippen LogP contribution in [0.3, 0.4) is 0 Å². The summed E-state index contributed by atoms with van der Waals surface area (Å²) in [5.74, 6) is 1.54. The normalized spacial score (nSPS) is 24.6. The predicted molar refractivity (Wildman–Crippen MR) is 103 cm³/mol. The van der Waals surface area contributed by atoms with Crippen LogP contribution in [0, 0.1) is 5.92 Å². The molecule has 5 heteroatoms. The number of likely N-dealkylation sites (tertiary alicyclic amines) is 2. The fourth-order valence-electron chi connectivity index (χ4n) is 4.23. The van der Waals surface area contributed by atoms with Crippen LogP contribution in [0.5, 0.6) is 5.75 Å². The number of hydrogen-bond acceptors (Lipinski definition) is 2. The molecule has 0 radical (unpaired) electrons. The van der Waals surface area contributed by atoms with Crippen molar-refractivity contribution in [2.75, 3.05) is 33.3 Å². The number of piperidine rings is 1. The molecule has 2 atom stereocenters. The first-order valence-corrected chi connectivity index (χ1v) is 10.4. The molecule has 0 aliphatic carbocycles. The van der Waals surface area contributed by atoms with Gasteiger partial charge < -0.3 is 14.5 Å². The predicted octanol–water partition coefficient (Wildman–Crippen LogP) is 2.66. The zero-order valence-electron chi connectivity index (χ0n) is 15.2. The molecule has 2 aliphatic heterocycles. The first-order chi connectivity index (χ1) is 12.2. The van der Waals surface area contributed by atoms with Crippen LogP contribution in [0.15, 0.2) is 22.7 Å². The van der Waals surface area contributed by atoms with E-state index in [-0.39, 0.29) is 5.92 Å². The average Bonchev–Trinajstić information content (AvgIpc) is 2.91. The van der Waals surface area contributed by atoms with Crippen LogP contribution in [0.4, 0.5) is 0 Å². The van der Waals surface area contributed by atoms with E-state index in [9.17, 15) is 4.79 Å². The van der Waals surface area contributed by atoms with Gasteiger partial charge in [0.25, 0.3) is 0 Å². The van der Waals surface area contributed by atoms with Gasteiger partial charge >= 0.3 is 0 Å². The lowest BCUT2D eigenvalue weighted by Gasteiger charge is -2.32. The number of quaternary nitrogens is 1. The van der Waals surface area contributed by atoms with Crippen LogP contribution in [0.1, 0.15) is 44.1 Å². The summed E-state index contributed by atoms with van der Waals surface area (Å²) in [5, 5.41) is 0. The van der Waals surface area contributed by atoms with Crippen LogP contribution in [0.25, 0.3) is 0 Å². The Morgan fingerprint density at radius 1 is 1.24 bits per heavy atom. The van der Waals surface area contributed by atoms with E-state index in [1.807, 2.05) is 12.1 Å². The number of methoxy groups -OCH3 is 1. The summed E-state index contributed by atoms with van der Waals surface area (Å²) in [6, 6.07) is 6.17. The van der Waals surface area contributed by atoms with Crippen LogP contribution in [0.2, 0.25) is 0 Å². The molecule has 4 nitrogen and oxygen atoms in total. The van der Waals surface area contributed by atoms with Crippen molar-refractivity contribution >= 4 is 21.8 Å². The second-order valence-corrected chi connectivity index (χ2v) is 8.33. The average molecular weight is 410 g/mol. The van der Waals surface area contributed by atoms with Gasteiger partial charge in [0.15, 0.2) is 0 Å². The van der Waals surface area contributed by atoms with Crippen molar-refractivity contribution < 1.29 is 14.4 Å². The quantitative estimate of drug-likeness (QED) is 0.828. The highest BCUT2D eigenvalue weighted by Crippen LogP contribution is 2.23. The monoisotopic (exact) mass is 409 g/mol. The minimum absolute atomic E-state index is 0.194. The number of benzene rings is 1. The molecule has 1 unspecified atom stereocenters. The van der Waals surface area contributed by atoms with Crippen molar-refractivity contribution in [1.82, 2.24) is 4.90 Å². The molecule has 138 valence electrons. The maximum absolute atomic E-state index is 13.0. The highest BCUT2D eigenvalue weighted by Gasteiger charge is 2.32. The Balaban J connectivity index is 1.63. The summed E-state index contributed by atoms with van der Waals surface area (Å²) in [7, 11) is 1.73. The maximum atomic E-state index is 13.0. The number of halogens is 1. The van der Waals surface area contributed by atoms with Gasteiger partial charge in [-0.3, -0.25) is 4.79 Å². The van der Waals surface area contributed by atoms with E-state index >= 15 is 0 Å². The summed E-state index contributed by atoms with van der Waals surface area (Å²) in [6.07, 6.45) is 7.07. The van der Waals surface area contributed by atoms with Crippen LogP contribution < -0.4 is 9.64 Å². The maximum Gasteiger partial charge on any atom is 0.231 e. The molecule has 25 heavy (non-hydrogen) atoms. The third kappa shape index (κ3) is 4.98. The SMILES string of the molecule is COc1ccc(Br)cc1C[NH+]1CCC[C@@H](C(=O)N2CCCCCC2)C1. The van der Waals surface area contributed by atoms with Crippen LogP contribution in [-0.2, 0) is 11.3 Å². The molecule has 0 spiro atoms. The smallest absolute Gasteiger partial charge is 0.231 e. The zero-order chi connectivity index (χ0) is 17.6. The highest BCUT2D eigenvalue weighted by molar-refractivity contribution is 9.10.